The van der Waals surface area contributed by atoms with Crippen LogP contribution in [-0.2, 0) is 9.53 Å². The Morgan fingerprint density at radius 1 is 1.41 bits per heavy atom. The van der Waals surface area contributed by atoms with Crippen LogP contribution in [0.15, 0.2) is 11.4 Å². The Bertz CT molecular complexity index is 418. The van der Waals surface area contributed by atoms with Crippen molar-refractivity contribution in [1.29, 1.82) is 0 Å². The van der Waals surface area contributed by atoms with Crippen LogP contribution in [-0.4, -0.2) is 24.0 Å². The zero-order valence-electron chi connectivity index (χ0n) is 10.5. The van der Waals surface area contributed by atoms with Crippen molar-refractivity contribution in [3.05, 3.63) is 21.9 Å². The summed E-state index contributed by atoms with van der Waals surface area (Å²) in [6, 6.07) is 1.84. The highest BCUT2D eigenvalue weighted by atomic mass is 32.1. The lowest BCUT2D eigenvalue weighted by atomic mass is 10.1. The van der Waals surface area contributed by atoms with Crippen molar-refractivity contribution in [3.63, 3.8) is 0 Å². The van der Waals surface area contributed by atoms with Gasteiger partial charge >= 0.3 is 5.97 Å². The molecule has 0 saturated carbocycles. The van der Waals surface area contributed by atoms with Crippen LogP contribution in [0.4, 0.5) is 0 Å². The van der Waals surface area contributed by atoms with Crippen LogP contribution < -0.4 is 5.32 Å². The maximum absolute atomic E-state index is 11.6. The third kappa shape index (κ3) is 4.56. The van der Waals surface area contributed by atoms with E-state index in [4.69, 9.17) is 4.74 Å². The van der Waals surface area contributed by atoms with Crippen LogP contribution in [0.5, 0.6) is 0 Å². The van der Waals surface area contributed by atoms with E-state index in [0.717, 1.165) is 5.56 Å². The average Bonchev–Trinajstić information content (AvgIpc) is 2.58. The number of esters is 1. The molecular weight excluding hydrogens is 238 g/mol. The Hall–Kier alpha value is -1.36. The van der Waals surface area contributed by atoms with Gasteiger partial charge in [-0.3, -0.25) is 4.79 Å². The third-order valence-electron chi connectivity index (χ3n) is 1.90. The zero-order chi connectivity index (χ0) is 13.1. The van der Waals surface area contributed by atoms with E-state index in [1.807, 2.05) is 39.1 Å². The molecule has 1 aromatic rings. The zero-order valence-corrected chi connectivity index (χ0v) is 11.3. The molecule has 0 aliphatic carbocycles. The normalized spacial score (nSPS) is 11.1. The fourth-order valence-electron chi connectivity index (χ4n) is 1.23. The maximum Gasteiger partial charge on any atom is 0.349 e. The standard InChI is InChI=1S/C12H17NO3S/c1-8-5-6-17-10(8)11(15)16-7-9(14)13-12(2,3)4/h5-6H,7H2,1-4H3,(H,13,14). The molecule has 4 nitrogen and oxygen atoms in total. The maximum atomic E-state index is 11.6. The van der Waals surface area contributed by atoms with Crippen molar-refractivity contribution in [3.8, 4) is 0 Å². The molecule has 1 heterocycles. The van der Waals surface area contributed by atoms with E-state index >= 15 is 0 Å². The number of thiophene rings is 1. The van der Waals surface area contributed by atoms with Gasteiger partial charge in [0.05, 0.1) is 0 Å². The van der Waals surface area contributed by atoms with E-state index in [2.05, 4.69) is 5.32 Å². The largest absolute Gasteiger partial charge is 0.451 e. The van der Waals surface area contributed by atoms with Gasteiger partial charge in [-0.25, -0.2) is 4.79 Å². The topological polar surface area (TPSA) is 55.4 Å². The fourth-order valence-corrected chi connectivity index (χ4v) is 2.05. The molecule has 0 aliphatic rings. The first kappa shape index (κ1) is 13.7. The van der Waals surface area contributed by atoms with E-state index < -0.39 is 5.97 Å². The Morgan fingerprint density at radius 3 is 2.53 bits per heavy atom. The smallest absolute Gasteiger partial charge is 0.349 e. The minimum atomic E-state index is -0.443. The number of aryl methyl sites for hydroxylation is 1. The highest BCUT2D eigenvalue weighted by Crippen LogP contribution is 2.16. The van der Waals surface area contributed by atoms with Crippen molar-refractivity contribution >= 4 is 23.2 Å². The fraction of sp³-hybridized carbons (Fsp3) is 0.500. The van der Waals surface area contributed by atoms with E-state index in [-0.39, 0.29) is 18.1 Å². The number of hydrogen-bond acceptors (Lipinski definition) is 4. The molecule has 0 fully saturated rings. The number of carbonyl (C=O) groups excluding carboxylic acids is 2. The van der Waals surface area contributed by atoms with Crippen molar-refractivity contribution in [1.82, 2.24) is 5.32 Å². The highest BCUT2D eigenvalue weighted by Gasteiger charge is 2.17. The number of hydrogen-bond donors (Lipinski definition) is 1. The van der Waals surface area contributed by atoms with Crippen molar-refractivity contribution in [2.75, 3.05) is 6.61 Å². The summed E-state index contributed by atoms with van der Waals surface area (Å²) in [5.41, 5.74) is 0.554. The lowest BCUT2D eigenvalue weighted by Gasteiger charge is -2.20. The van der Waals surface area contributed by atoms with Crippen molar-refractivity contribution in [2.45, 2.75) is 33.2 Å². The SMILES string of the molecule is Cc1ccsc1C(=O)OCC(=O)NC(C)(C)C. The molecule has 0 saturated heterocycles. The molecule has 1 aromatic heterocycles. The summed E-state index contributed by atoms with van der Waals surface area (Å²) in [6.07, 6.45) is 0. The summed E-state index contributed by atoms with van der Waals surface area (Å²) in [5, 5.41) is 4.54. The first-order valence-corrected chi connectivity index (χ1v) is 6.20. The number of carbonyl (C=O) groups is 2. The summed E-state index contributed by atoms with van der Waals surface area (Å²) in [7, 11) is 0. The molecule has 0 aromatic carbocycles. The van der Waals surface area contributed by atoms with Crippen molar-refractivity contribution < 1.29 is 14.3 Å². The van der Waals surface area contributed by atoms with Gasteiger partial charge in [-0.2, -0.15) is 0 Å². The Balaban J connectivity index is 2.45. The Labute approximate surface area is 105 Å². The second kappa shape index (κ2) is 5.31. The van der Waals surface area contributed by atoms with Gasteiger partial charge in [-0.1, -0.05) is 0 Å². The first-order valence-electron chi connectivity index (χ1n) is 5.32. The number of amides is 1. The molecular formula is C12H17NO3S. The number of rotatable bonds is 3. The Morgan fingerprint density at radius 2 is 2.06 bits per heavy atom. The molecule has 1 rings (SSSR count). The van der Waals surface area contributed by atoms with Gasteiger partial charge in [-0.15, -0.1) is 11.3 Å². The molecule has 0 spiro atoms. The minimum absolute atomic E-state index is 0.243. The van der Waals surface area contributed by atoms with Crippen LogP contribution in [0.25, 0.3) is 0 Å². The van der Waals surface area contributed by atoms with Crippen molar-refractivity contribution in [2.24, 2.45) is 0 Å². The van der Waals surface area contributed by atoms with E-state index in [1.54, 1.807) is 0 Å². The summed E-state index contributed by atoms with van der Waals surface area (Å²) in [6.45, 7) is 7.21. The van der Waals surface area contributed by atoms with Gasteiger partial charge in [-0.05, 0) is 44.7 Å². The van der Waals surface area contributed by atoms with Gasteiger partial charge in [0.2, 0.25) is 0 Å². The Kier molecular flexibility index (Phi) is 4.28. The molecule has 0 bridgehead atoms. The lowest BCUT2D eigenvalue weighted by molar-refractivity contribution is -0.125. The van der Waals surface area contributed by atoms with Gasteiger partial charge in [0.25, 0.3) is 5.91 Å². The first-order chi connectivity index (χ1) is 7.79. The molecule has 0 unspecified atom stereocenters. The second-order valence-electron chi connectivity index (χ2n) is 4.81. The van der Waals surface area contributed by atoms with Crippen LogP contribution in [0.2, 0.25) is 0 Å². The summed E-state index contributed by atoms with van der Waals surface area (Å²) >= 11 is 1.32. The van der Waals surface area contributed by atoms with Gasteiger partial charge in [0.1, 0.15) is 4.88 Å². The predicted octanol–water partition coefficient (Wildman–Crippen LogP) is 2.13. The molecule has 17 heavy (non-hydrogen) atoms. The molecule has 94 valence electrons. The molecule has 1 amide bonds. The van der Waals surface area contributed by atoms with Crippen LogP contribution in [0.3, 0.4) is 0 Å². The quantitative estimate of drug-likeness (QED) is 0.842. The summed E-state index contributed by atoms with van der Waals surface area (Å²) < 4.78 is 4.93. The van der Waals surface area contributed by atoms with E-state index in [0.29, 0.717) is 4.88 Å². The summed E-state index contributed by atoms with van der Waals surface area (Å²) in [5.74, 6) is -0.735. The van der Waals surface area contributed by atoms with E-state index in [9.17, 15) is 9.59 Å². The van der Waals surface area contributed by atoms with Gasteiger partial charge < -0.3 is 10.1 Å². The van der Waals surface area contributed by atoms with Crippen LogP contribution in [0, 0.1) is 6.92 Å². The van der Waals surface area contributed by atoms with Gasteiger partial charge in [0, 0.05) is 5.54 Å². The minimum Gasteiger partial charge on any atom is -0.451 e. The van der Waals surface area contributed by atoms with E-state index in [1.165, 1.54) is 11.3 Å². The predicted molar refractivity (Wildman–Crippen MR) is 67.2 cm³/mol. The van der Waals surface area contributed by atoms with Crippen LogP contribution in [0.1, 0.15) is 36.0 Å². The number of ether oxygens (including phenoxy) is 1. The molecule has 0 atom stereocenters. The summed E-state index contributed by atoms with van der Waals surface area (Å²) in [4.78, 5) is 23.6. The molecule has 0 radical (unpaired) electrons. The molecule has 5 heteroatoms. The lowest BCUT2D eigenvalue weighted by Crippen LogP contribution is -2.42. The number of nitrogens with one attached hydrogen (secondary N) is 1. The van der Waals surface area contributed by atoms with Gasteiger partial charge in [0.15, 0.2) is 6.61 Å². The van der Waals surface area contributed by atoms with Crippen LogP contribution >= 0.6 is 11.3 Å². The monoisotopic (exact) mass is 255 g/mol. The molecule has 1 N–H and O–H groups in total. The third-order valence-corrected chi connectivity index (χ3v) is 2.89. The second-order valence-corrected chi connectivity index (χ2v) is 5.72. The molecule has 0 aliphatic heterocycles. The average molecular weight is 255 g/mol. The highest BCUT2D eigenvalue weighted by molar-refractivity contribution is 7.12.